The van der Waals surface area contributed by atoms with E-state index in [2.05, 4.69) is 9.97 Å². The number of fused-ring (bicyclic) bond motifs is 2. The van der Waals surface area contributed by atoms with Crippen LogP contribution in [0, 0.1) is 5.82 Å². The predicted molar refractivity (Wildman–Crippen MR) is 128 cm³/mol. The summed E-state index contributed by atoms with van der Waals surface area (Å²) in [5.41, 5.74) is 2.80. The molecule has 0 radical (unpaired) electrons. The Morgan fingerprint density at radius 1 is 1.09 bits per heavy atom. The maximum absolute atomic E-state index is 13.7. The average Bonchev–Trinajstić information content (AvgIpc) is 3.41. The van der Waals surface area contributed by atoms with Crippen molar-refractivity contribution in [3.63, 3.8) is 0 Å². The number of carbonyl (C=O) groups is 2. The Bertz CT molecular complexity index is 1530. The molecule has 3 heterocycles. The minimum Gasteiger partial charge on any atom is -0.507 e. The first-order valence-corrected chi connectivity index (χ1v) is 11.3. The number of aliphatic hydroxyl groups is 1. The second-order valence-electron chi connectivity index (χ2n) is 8.58. The summed E-state index contributed by atoms with van der Waals surface area (Å²) in [4.78, 5) is 35.2. The summed E-state index contributed by atoms with van der Waals surface area (Å²) in [6.07, 6.45) is 1.65. The highest BCUT2D eigenvalue weighted by Crippen LogP contribution is 2.42. The van der Waals surface area contributed by atoms with Crippen LogP contribution < -0.4 is 9.64 Å². The van der Waals surface area contributed by atoms with Crippen LogP contribution in [0.15, 0.2) is 72.3 Å². The summed E-state index contributed by atoms with van der Waals surface area (Å²) in [6, 6.07) is 17.3. The second-order valence-corrected chi connectivity index (χ2v) is 8.58. The Labute approximate surface area is 199 Å². The molecule has 0 saturated carbocycles. The van der Waals surface area contributed by atoms with Gasteiger partial charge in [0.05, 0.1) is 29.3 Å². The van der Waals surface area contributed by atoms with Gasteiger partial charge in [-0.25, -0.2) is 9.37 Å². The van der Waals surface area contributed by atoms with Crippen molar-refractivity contribution in [2.75, 3.05) is 11.5 Å². The standard InChI is InChI=1S/C27H20FN3O4/c28-18-9-10-19-20(14-18)30-27(29-19)31-23(15-5-2-1-3-6-15)22(25(33)26(31)34)24(32)17-8-11-21-16(13-17)7-4-12-35-21/h1-3,5-6,8-11,13-14,23,32H,4,7,12H2,(H,29,30)/b24-22+. The van der Waals surface area contributed by atoms with Crippen LogP contribution in [-0.2, 0) is 16.0 Å². The van der Waals surface area contributed by atoms with Gasteiger partial charge in [0, 0.05) is 5.56 Å². The van der Waals surface area contributed by atoms with Crippen molar-refractivity contribution in [3.8, 4) is 5.75 Å². The number of ketones is 1. The van der Waals surface area contributed by atoms with Gasteiger partial charge in [-0.2, -0.15) is 0 Å². The molecular weight excluding hydrogens is 449 g/mol. The summed E-state index contributed by atoms with van der Waals surface area (Å²) in [5, 5.41) is 11.3. The molecule has 4 aromatic rings. The van der Waals surface area contributed by atoms with Gasteiger partial charge in [-0.15, -0.1) is 0 Å². The number of H-pyrrole nitrogens is 1. The minimum absolute atomic E-state index is 0.0375. The summed E-state index contributed by atoms with van der Waals surface area (Å²) >= 11 is 0. The molecule has 7 nitrogen and oxygen atoms in total. The first-order valence-electron chi connectivity index (χ1n) is 11.3. The predicted octanol–water partition coefficient (Wildman–Crippen LogP) is 4.65. The fourth-order valence-corrected chi connectivity index (χ4v) is 4.75. The van der Waals surface area contributed by atoms with E-state index in [1.54, 1.807) is 42.5 Å². The molecular formula is C27H20FN3O4. The zero-order chi connectivity index (χ0) is 24.1. The summed E-state index contributed by atoms with van der Waals surface area (Å²) in [7, 11) is 0. The summed E-state index contributed by atoms with van der Waals surface area (Å²) in [5.74, 6) is -1.53. The van der Waals surface area contributed by atoms with Crippen molar-refractivity contribution in [2.24, 2.45) is 0 Å². The first kappa shape index (κ1) is 21.1. The van der Waals surface area contributed by atoms with Crippen LogP contribution in [0.25, 0.3) is 16.8 Å². The average molecular weight is 469 g/mol. The topological polar surface area (TPSA) is 95.5 Å². The molecule has 2 aliphatic rings. The molecule has 0 aliphatic carbocycles. The third kappa shape index (κ3) is 3.45. The minimum atomic E-state index is -0.922. The normalized spacial score (nSPS) is 19.1. The third-order valence-electron chi connectivity index (χ3n) is 6.40. The van der Waals surface area contributed by atoms with Gasteiger partial charge < -0.3 is 14.8 Å². The number of anilines is 1. The molecule has 1 aromatic heterocycles. The van der Waals surface area contributed by atoms with E-state index in [9.17, 15) is 19.1 Å². The van der Waals surface area contributed by atoms with Crippen LogP contribution in [0.4, 0.5) is 10.3 Å². The number of imidazole rings is 1. The molecule has 1 atom stereocenters. The maximum atomic E-state index is 13.7. The van der Waals surface area contributed by atoms with Crippen molar-refractivity contribution >= 4 is 34.4 Å². The van der Waals surface area contributed by atoms with Crippen LogP contribution in [-0.4, -0.2) is 33.4 Å². The Balaban J connectivity index is 1.53. The van der Waals surface area contributed by atoms with Crippen LogP contribution in [0.2, 0.25) is 0 Å². The van der Waals surface area contributed by atoms with Gasteiger partial charge in [0.1, 0.15) is 17.3 Å². The van der Waals surface area contributed by atoms with E-state index in [0.717, 1.165) is 24.2 Å². The van der Waals surface area contributed by atoms with Gasteiger partial charge in [0.15, 0.2) is 0 Å². The lowest BCUT2D eigenvalue weighted by atomic mass is 9.94. The molecule has 2 N–H and O–H groups in total. The lowest BCUT2D eigenvalue weighted by Gasteiger charge is -2.23. The van der Waals surface area contributed by atoms with E-state index in [0.29, 0.717) is 28.8 Å². The fourth-order valence-electron chi connectivity index (χ4n) is 4.75. The molecule has 0 bridgehead atoms. The van der Waals surface area contributed by atoms with Crippen LogP contribution >= 0.6 is 0 Å². The van der Waals surface area contributed by atoms with Gasteiger partial charge in [-0.1, -0.05) is 30.3 Å². The number of nitrogens with one attached hydrogen (secondary N) is 1. The van der Waals surface area contributed by atoms with Crippen LogP contribution in [0.5, 0.6) is 5.75 Å². The number of aliphatic hydroxyl groups excluding tert-OH is 1. The number of ether oxygens (including phenoxy) is 1. The third-order valence-corrected chi connectivity index (χ3v) is 6.40. The SMILES string of the molecule is O=C1C(=O)N(c2nc3ccc(F)cc3[nH]2)C(c2ccccc2)/C1=C(\O)c1ccc2c(c1)CCCO2. The highest BCUT2D eigenvalue weighted by Gasteiger charge is 2.48. The number of aromatic amines is 1. The van der Waals surface area contributed by atoms with Crippen molar-refractivity contribution in [1.82, 2.24) is 9.97 Å². The van der Waals surface area contributed by atoms with Crippen molar-refractivity contribution < 1.29 is 23.8 Å². The number of nitrogens with zero attached hydrogens (tertiary/aromatic N) is 2. The van der Waals surface area contributed by atoms with Crippen molar-refractivity contribution in [3.05, 3.63) is 94.8 Å². The number of amides is 1. The van der Waals surface area contributed by atoms with Crippen molar-refractivity contribution in [2.45, 2.75) is 18.9 Å². The Morgan fingerprint density at radius 3 is 2.74 bits per heavy atom. The Hall–Kier alpha value is -4.46. The number of hydrogen-bond acceptors (Lipinski definition) is 5. The maximum Gasteiger partial charge on any atom is 0.302 e. The fraction of sp³-hybridized carbons (Fsp3) is 0.148. The highest BCUT2D eigenvalue weighted by molar-refractivity contribution is 6.51. The number of rotatable bonds is 3. The molecule has 6 rings (SSSR count). The van der Waals surface area contributed by atoms with Gasteiger partial charge in [0.25, 0.3) is 5.78 Å². The van der Waals surface area contributed by atoms with Gasteiger partial charge in [0.2, 0.25) is 5.95 Å². The zero-order valence-corrected chi connectivity index (χ0v) is 18.5. The molecule has 1 saturated heterocycles. The Morgan fingerprint density at radius 2 is 1.91 bits per heavy atom. The molecule has 3 aromatic carbocycles. The number of halogens is 1. The zero-order valence-electron chi connectivity index (χ0n) is 18.5. The lowest BCUT2D eigenvalue weighted by Crippen LogP contribution is -2.30. The number of aryl methyl sites for hydroxylation is 1. The largest absolute Gasteiger partial charge is 0.507 e. The number of Topliss-reactive ketones (excluding diaryl/α,β-unsaturated/α-hetero) is 1. The van der Waals surface area contributed by atoms with E-state index < -0.39 is 23.5 Å². The molecule has 174 valence electrons. The number of hydrogen-bond donors (Lipinski definition) is 2. The number of aromatic nitrogens is 2. The smallest absolute Gasteiger partial charge is 0.302 e. The monoisotopic (exact) mass is 469 g/mol. The van der Waals surface area contributed by atoms with Crippen LogP contribution in [0.1, 0.15) is 29.2 Å². The highest BCUT2D eigenvalue weighted by atomic mass is 19.1. The van der Waals surface area contributed by atoms with E-state index in [-0.39, 0.29) is 17.3 Å². The molecule has 1 fully saturated rings. The number of benzene rings is 3. The van der Waals surface area contributed by atoms with Crippen molar-refractivity contribution in [1.29, 1.82) is 0 Å². The molecule has 8 heteroatoms. The van der Waals surface area contributed by atoms with E-state index in [1.165, 1.54) is 23.1 Å². The number of carbonyl (C=O) groups excluding carboxylic acids is 2. The van der Waals surface area contributed by atoms with Gasteiger partial charge >= 0.3 is 5.91 Å². The summed E-state index contributed by atoms with van der Waals surface area (Å²) in [6.45, 7) is 0.638. The van der Waals surface area contributed by atoms with E-state index in [1.807, 2.05) is 6.07 Å². The molecule has 2 aliphatic heterocycles. The van der Waals surface area contributed by atoms with Crippen LogP contribution in [0.3, 0.4) is 0 Å². The van der Waals surface area contributed by atoms with E-state index in [4.69, 9.17) is 4.74 Å². The van der Waals surface area contributed by atoms with E-state index >= 15 is 0 Å². The first-order chi connectivity index (χ1) is 17.0. The Kier molecular flexibility index (Phi) is 4.88. The molecule has 0 spiro atoms. The molecule has 1 amide bonds. The molecule has 35 heavy (non-hydrogen) atoms. The lowest BCUT2D eigenvalue weighted by molar-refractivity contribution is -0.132. The quantitative estimate of drug-likeness (QED) is 0.259. The van der Waals surface area contributed by atoms with Gasteiger partial charge in [-0.3, -0.25) is 14.5 Å². The summed E-state index contributed by atoms with van der Waals surface area (Å²) < 4.78 is 19.4. The van der Waals surface area contributed by atoms with Gasteiger partial charge in [-0.05, 0) is 60.4 Å². The molecule has 1 unspecified atom stereocenters. The second kappa shape index (κ2) is 8.09.